The van der Waals surface area contributed by atoms with Gasteiger partial charge in [-0.1, -0.05) is 6.07 Å². The maximum absolute atomic E-state index is 12.4. The SMILES string of the molecule is Cc1ccc(C(=O)NC2CCCc3sccc32)cc1C. The van der Waals surface area contributed by atoms with Gasteiger partial charge in [-0.15, -0.1) is 11.3 Å². The van der Waals surface area contributed by atoms with Gasteiger partial charge in [-0.05, 0) is 73.4 Å². The van der Waals surface area contributed by atoms with E-state index in [1.807, 2.05) is 25.1 Å². The molecule has 20 heavy (non-hydrogen) atoms. The van der Waals surface area contributed by atoms with Crippen molar-refractivity contribution in [2.45, 2.75) is 39.2 Å². The van der Waals surface area contributed by atoms with Gasteiger partial charge < -0.3 is 5.32 Å². The van der Waals surface area contributed by atoms with Crippen molar-refractivity contribution >= 4 is 17.2 Å². The summed E-state index contributed by atoms with van der Waals surface area (Å²) in [5.41, 5.74) is 4.46. The van der Waals surface area contributed by atoms with Crippen molar-refractivity contribution in [1.82, 2.24) is 5.32 Å². The topological polar surface area (TPSA) is 29.1 Å². The number of amides is 1. The summed E-state index contributed by atoms with van der Waals surface area (Å²) in [4.78, 5) is 13.8. The molecule has 0 saturated carbocycles. The highest BCUT2D eigenvalue weighted by Crippen LogP contribution is 2.33. The molecule has 0 saturated heterocycles. The van der Waals surface area contributed by atoms with Gasteiger partial charge >= 0.3 is 0 Å². The minimum absolute atomic E-state index is 0.0390. The Kier molecular flexibility index (Phi) is 3.62. The molecule has 1 atom stereocenters. The third kappa shape index (κ3) is 2.50. The Hall–Kier alpha value is -1.61. The maximum atomic E-state index is 12.4. The third-order valence-electron chi connectivity index (χ3n) is 4.13. The molecule has 2 aromatic rings. The fraction of sp³-hybridized carbons (Fsp3) is 0.353. The monoisotopic (exact) mass is 285 g/mol. The van der Waals surface area contributed by atoms with E-state index in [0.717, 1.165) is 30.4 Å². The first-order valence-corrected chi connectivity index (χ1v) is 7.97. The molecule has 0 radical (unpaired) electrons. The van der Waals surface area contributed by atoms with Crippen LogP contribution in [0.25, 0.3) is 0 Å². The van der Waals surface area contributed by atoms with Crippen LogP contribution in [0.1, 0.15) is 50.8 Å². The fourth-order valence-corrected chi connectivity index (χ4v) is 3.75. The van der Waals surface area contributed by atoms with Gasteiger partial charge in [-0.25, -0.2) is 0 Å². The minimum Gasteiger partial charge on any atom is -0.345 e. The number of hydrogen-bond donors (Lipinski definition) is 1. The molecule has 104 valence electrons. The first kappa shape index (κ1) is 13.4. The highest BCUT2D eigenvalue weighted by molar-refractivity contribution is 7.10. The van der Waals surface area contributed by atoms with Crippen molar-refractivity contribution in [1.29, 1.82) is 0 Å². The van der Waals surface area contributed by atoms with E-state index in [1.54, 1.807) is 11.3 Å². The molecule has 1 unspecified atom stereocenters. The zero-order valence-electron chi connectivity index (χ0n) is 11.9. The van der Waals surface area contributed by atoms with Crippen LogP contribution >= 0.6 is 11.3 Å². The molecule has 1 aromatic carbocycles. The van der Waals surface area contributed by atoms with E-state index in [2.05, 4.69) is 23.7 Å². The number of thiophene rings is 1. The van der Waals surface area contributed by atoms with Gasteiger partial charge in [0.05, 0.1) is 6.04 Å². The van der Waals surface area contributed by atoms with Crippen LogP contribution in [0.3, 0.4) is 0 Å². The lowest BCUT2D eigenvalue weighted by molar-refractivity contribution is 0.0933. The Labute approximate surface area is 123 Å². The molecule has 3 heteroatoms. The van der Waals surface area contributed by atoms with Gasteiger partial charge in [0.2, 0.25) is 0 Å². The van der Waals surface area contributed by atoms with Crippen LogP contribution in [-0.2, 0) is 6.42 Å². The van der Waals surface area contributed by atoms with Crippen LogP contribution in [0, 0.1) is 13.8 Å². The van der Waals surface area contributed by atoms with Crippen LogP contribution in [-0.4, -0.2) is 5.91 Å². The van der Waals surface area contributed by atoms with Gasteiger partial charge in [0.1, 0.15) is 0 Å². The van der Waals surface area contributed by atoms with E-state index in [0.29, 0.717) is 0 Å². The minimum atomic E-state index is 0.0390. The van der Waals surface area contributed by atoms with E-state index in [9.17, 15) is 4.79 Å². The summed E-state index contributed by atoms with van der Waals surface area (Å²) in [5, 5.41) is 5.32. The van der Waals surface area contributed by atoms with E-state index in [1.165, 1.54) is 16.0 Å². The second kappa shape index (κ2) is 5.41. The number of rotatable bonds is 2. The Morgan fingerprint density at radius 2 is 2.10 bits per heavy atom. The van der Waals surface area contributed by atoms with Crippen LogP contribution < -0.4 is 5.32 Å². The van der Waals surface area contributed by atoms with Crippen LogP contribution in [0.2, 0.25) is 0 Å². The lowest BCUT2D eigenvalue weighted by Gasteiger charge is -2.23. The molecule has 0 bridgehead atoms. The van der Waals surface area contributed by atoms with Gasteiger partial charge in [-0.3, -0.25) is 4.79 Å². The first-order chi connectivity index (χ1) is 9.65. The predicted octanol–water partition coefficient (Wildman–Crippen LogP) is 4.17. The molecule has 1 aliphatic rings. The molecule has 1 N–H and O–H groups in total. The highest BCUT2D eigenvalue weighted by atomic mass is 32.1. The average Bonchev–Trinajstić information content (AvgIpc) is 2.91. The molecule has 1 aliphatic carbocycles. The highest BCUT2D eigenvalue weighted by Gasteiger charge is 2.23. The smallest absolute Gasteiger partial charge is 0.251 e. The van der Waals surface area contributed by atoms with E-state index < -0.39 is 0 Å². The number of benzene rings is 1. The Bertz CT molecular complexity index is 644. The van der Waals surface area contributed by atoms with Crippen molar-refractivity contribution in [3.05, 3.63) is 56.8 Å². The predicted molar refractivity (Wildman–Crippen MR) is 83.4 cm³/mol. The third-order valence-corrected chi connectivity index (χ3v) is 5.12. The molecule has 0 aliphatic heterocycles. The van der Waals surface area contributed by atoms with Gasteiger partial charge in [0.15, 0.2) is 0 Å². The van der Waals surface area contributed by atoms with Gasteiger partial charge in [0.25, 0.3) is 5.91 Å². The standard InChI is InChI=1S/C17H19NOS/c1-11-6-7-13(10-12(11)2)17(19)18-15-4-3-5-16-14(15)8-9-20-16/h6-10,15H,3-5H2,1-2H3,(H,18,19). The van der Waals surface area contributed by atoms with Crippen molar-refractivity contribution in [2.75, 3.05) is 0 Å². The lowest BCUT2D eigenvalue weighted by Crippen LogP contribution is -2.30. The molecule has 3 rings (SSSR count). The Morgan fingerprint density at radius 1 is 1.25 bits per heavy atom. The second-order valence-corrected chi connectivity index (χ2v) is 6.52. The van der Waals surface area contributed by atoms with E-state index in [4.69, 9.17) is 0 Å². The summed E-state index contributed by atoms with van der Waals surface area (Å²) < 4.78 is 0. The van der Waals surface area contributed by atoms with Crippen molar-refractivity contribution in [3.63, 3.8) is 0 Å². The fourth-order valence-electron chi connectivity index (χ4n) is 2.76. The number of hydrogen-bond acceptors (Lipinski definition) is 2. The van der Waals surface area contributed by atoms with Gasteiger partial charge in [-0.2, -0.15) is 0 Å². The normalized spacial score (nSPS) is 17.6. The summed E-state index contributed by atoms with van der Waals surface area (Å²) in [6.45, 7) is 4.11. The number of carbonyl (C=O) groups excluding carboxylic acids is 1. The summed E-state index contributed by atoms with van der Waals surface area (Å²) in [6.07, 6.45) is 3.36. The second-order valence-electron chi connectivity index (χ2n) is 5.52. The number of carbonyl (C=O) groups is 1. The summed E-state index contributed by atoms with van der Waals surface area (Å²) in [7, 11) is 0. The van der Waals surface area contributed by atoms with Crippen molar-refractivity contribution < 1.29 is 4.79 Å². The molecule has 0 fully saturated rings. The summed E-state index contributed by atoms with van der Waals surface area (Å²) >= 11 is 1.81. The first-order valence-electron chi connectivity index (χ1n) is 7.09. The average molecular weight is 285 g/mol. The summed E-state index contributed by atoms with van der Waals surface area (Å²) in [6, 6.07) is 8.24. The number of aryl methyl sites for hydroxylation is 3. The van der Waals surface area contributed by atoms with Crippen molar-refractivity contribution in [3.8, 4) is 0 Å². The van der Waals surface area contributed by atoms with Crippen LogP contribution in [0.5, 0.6) is 0 Å². The van der Waals surface area contributed by atoms with Crippen LogP contribution in [0.15, 0.2) is 29.6 Å². The molecular weight excluding hydrogens is 266 g/mol. The van der Waals surface area contributed by atoms with E-state index >= 15 is 0 Å². The molecule has 2 nitrogen and oxygen atoms in total. The largest absolute Gasteiger partial charge is 0.345 e. The molecule has 1 amide bonds. The van der Waals surface area contributed by atoms with Crippen LogP contribution in [0.4, 0.5) is 0 Å². The van der Waals surface area contributed by atoms with E-state index in [-0.39, 0.29) is 11.9 Å². The Morgan fingerprint density at radius 3 is 2.90 bits per heavy atom. The Balaban J connectivity index is 1.79. The molecular formula is C17H19NOS. The maximum Gasteiger partial charge on any atom is 0.251 e. The quantitative estimate of drug-likeness (QED) is 0.881. The number of nitrogens with one attached hydrogen (secondary N) is 1. The molecule has 0 spiro atoms. The number of fused-ring (bicyclic) bond motifs is 1. The van der Waals surface area contributed by atoms with Gasteiger partial charge in [0, 0.05) is 10.4 Å². The lowest BCUT2D eigenvalue weighted by atomic mass is 9.93. The summed E-state index contributed by atoms with van der Waals surface area (Å²) in [5.74, 6) is 0.0390. The molecule has 1 heterocycles. The molecule has 1 aromatic heterocycles. The zero-order valence-corrected chi connectivity index (χ0v) is 12.7. The van der Waals surface area contributed by atoms with Crippen molar-refractivity contribution in [2.24, 2.45) is 0 Å². The zero-order chi connectivity index (χ0) is 14.1.